The van der Waals surface area contributed by atoms with Gasteiger partial charge in [0.2, 0.25) is 0 Å². The summed E-state index contributed by atoms with van der Waals surface area (Å²) in [5.41, 5.74) is 0. The molecule has 1 N–H and O–H groups in total. The molecule has 1 heterocycles. The summed E-state index contributed by atoms with van der Waals surface area (Å²) in [6.45, 7) is 20.4. The fraction of sp³-hybridized carbons (Fsp3) is 1.00. The summed E-state index contributed by atoms with van der Waals surface area (Å²) in [5.74, 6) is 0. The molecule has 138 valence electrons. The van der Waals surface area contributed by atoms with Crippen LogP contribution < -0.4 is 0 Å². The molecule has 0 aromatic heterocycles. The molecule has 1 fully saturated rings. The van der Waals surface area contributed by atoms with Crippen LogP contribution in [-0.2, 0) is 9.16 Å². The summed E-state index contributed by atoms with van der Waals surface area (Å²) in [5, 5.41) is 12.0. The van der Waals surface area contributed by atoms with Crippen LogP contribution in [0.1, 0.15) is 48.5 Å². The number of ether oxygens (including phenoxy) is 1. The van der Waals surface area contributed by atoms with Crippen LogP contribution in [-0.4, -0.2) is 53.4 Å². The van der Waals surface area contributed by atoms with Crippen molar-refractivity contribution in [2.24, 2.45) is 0 Å². The van der Waals surface area contributed by atoms with E-state index in [1.165, 1.54) is 0 Å². The minimum Gasteiger partial charge on any atom is -0.409 e. The number of aliphatic hydroxyl groups excluding tert-OH is 1. The summed E-state index contributed by atoms with van der Waals surface area (Å²) >= 11 is 3.78. The Labute approximate surface area is 152 Å². The zero-order valence-corrected chi connectivity index (χ0v) is 18.9. The summed E-state index contributed by atoms with van der Waals surface area (Å²) < 4.78 is 12.7. The van der Waals surface area contributed by atoms with Gasteiger partial charge in [-0.15, -0.1) is 23.5 Å². The van der Waals surface area contributed by atoms with E-state index in [0.717, 1.165) is 0 Å². The fourth-order valence-corrected chi connectivity index (χ4v) is 7.01. The van der Waals surface area contributed by atoms with E-state index in [1.54, 1.807) is 0 Å². The van der Waals surface area contributed by atoms with Crippen LogP contribution in [0.5, 0.6) is 0 Å². The molecule has 0 amide bonds. The van der Waals surface area contributed by atoms with Crippen LogP contribution in [0.3, 0.4) is 0 Å². The number of aliphatic hydroxyl groups is 1. The molecule has 0 aromatic carbocycles. The minimum atomic E-state index is -1.89. The molecule has 0 bridgehead atoms. The van der Waals surface area contributed by atoms with E-state index in [-0.39, 0.29) is 21.8 Å². The number of rotatable bonds is 7. The van der Waals surface area contributed by atoms with Crippen molar-refractivity contribution in [1.82, 2.24) is 0 Å². The second kappa shape index (κ2) is 8.45. The van der Waals surface area contributed by atoms with Crippen molar-refractivity contribution in [3.8, 4) is 0 Å². The Balaban J connectivity index is 2.78. The molecular weight excluding hydrogens is 344 g/mol. The van der Waals surface area contributed by atoms with Gasteiger partial charge in [-0.1, -0.05) is 48.5 Å². The van der Waals surface area contributed by atoms with Gasteiger partial charge in [-0.05, 0) is 18.1 Å². The number of thioether (sulfide) groups is 2. The van der Waals surface area contributed by atoms with Crippen molar-refractivity contribution < 1.29 is 14.3 Å². The molecule has 1 saturated heterocycles. The van der Waals surface area contributed by atoms with Gasteiger partial charge in [-0.3, -0.25) is 0 Å². The average Bonchev–Trinajstić information content (AvgIpc) is 2.67. The lowest BCUT2D eigenvalue weighted by atomic mass is 10.2. The Morgan fingerprint density at radius 3 is 1.96 bits per heavy atom. The third-order valence-corrected chi connectivity index (χ3v) is 11.8. The van der Waals surface area contributed by atoms with Gasteiger partial charge in [0.15, 0.2) is 8.32 Å². The first-order valence-electron chi connectivity index (χ1n) is 8.63. The minimum absolute atomic E-state index is 0.142. The summed E-state index contributed by atoms with van der Waals surface area (Å²) in [4.78, 5) is 0. The quantitative estimate of drug-likeness (QED) is 0.510. The summed E-state index contributed by atoms with van der Waals surface area (Å²) in [6.07, 6.45) is -0.875. The second-order valence-electron chi connectivity index (χ2n) is 8.44. The second-order valence-corrected chi connectivity index (χ2v) is 16.9. The van der Waals surface area contributed by atoms with E-state index in [9.17, 15) is 5.11 Å². The van der Waals surface area contributed by atoms with Crippen molar-refractivity contribution >= 4 is 31.8 Å². The molecule has 0 unspecified atom stereocenters. The first-order valence-corrected chi connectivity index (χ1v) is 13.4. The highest BCUT2D eigenvalue weighted by atomic mass is 32.2. The monoisotopic (exact) mass is 380 g/mol. The zero-order chi connectivity index (χ0) is 18.0. The molecular formula is C17H36O3S2Si. The van der Waals surface area contributed by atoms with E-state index < -0.39 is 14.4 Å². The molecule has 1 aliphatic rings. The Morgan fingerprint density at radius 1 is 1.09 bits per heavy atom. The molecule has 1 aliphatic heterocycles. The van der Waals surface area contributed by atoms with Crippen molar-refractivity contribution in [3.63, 3.8) is 0 Å². The average molecular weight is 381 g/mol. The highest BCUT2D eigenvalue weighted by Crippen LogP contribution is 2.41. The van der Waals surface area contributed by atoms with E-state index in [2.05, 4.69) is 61.6 Å². The maximum absolute atomic E-state index is 10.8. The molecule has 1 rings (SSSR count). The molecule has 0 spiro atoms. The van der Waals surface area contributed by atoms with Crippen LogP contribution in [0.4, 0.5) is 0 Å². The highest BCUT2D eigenvalue weighted by Gasteiger charge is 2.47. The van der Waals surface area contributed by atoms with E-state index in [4.69, 9.17) is 9.16 Å². The van der Waals surface area contributed by atoms with Crippen LogP contribution in [0, 0.1) is 0 Å². The van der Waals surface area contributed by atoms with Crippen molar-refractivity contribution in [1.29, 1.82) is 0 Å². The van der Waals surface area contributed by atoms with E-state index >= 15 is 0 Å². The summed E-state index contributed by atoms with van der Waals surface area (Å²) in [6, 6.07) is 0. The Hall–Kier alpha value is 0.797. The smallest absolute Gasteiger partial charge is 0.192 e. The first kappa shape index (κ1) is 21.8. The molecule has 3 atom stereocenters. The highest BCUT2D eigenvalue weighted by molar-refractivity contribution is 8.17. The van der Waals surface area contributed by atoms with Crippen molar-refractivity contribution in [3.05, 3.63) is 0 Å². The molecule has 23 heavy (non-hydrogen) atoms. The molecule has 3 nitrogen and oxygen atoms in total. The van der Waals surface area contributed by atoms with Gasteiger partial charge >= 0.3 is 0 Å². The lowest BCUT2D eigenvalue weighted by Gasteiger charge is -2.39. The molecule has 6 heteroatoms. The Kier molecular flexibility index (Phi) is 8.03. The maximum atomic E-state index is 10.8. The standard InChI is InChI=1S/C17H36O3S2Si/c1-11(2)21-16(22-12(3)4)15-14(18)13(10-19-15)20-23(8,9)17(5,6)7/h11-16,18H,10H2,1-9H3/t13-,14+,15-/m1/s1. The van der Waals surface area contributed by atoms with E-state index in [1.807, 2.05) is 23.5 Å². The Morgan fingerprint density at radius 2 is 1.57 bits per heavy atom. The van der Waals surface area contributed by atoms with Gasteiger partial charge in [0.1, 0.15) is 12.2 Å². The van der Waals surface area contributed by atoms with Gasteiger partial charge in [0, 0.05) is 10.5 Å². The van der Waals surface area contributed by atoms with E-state index in [0.29, 0.717) is 17.1 Å². The molecule has 0 saturated carbocycles. The van der Waals surface area contributed by atoms with Crippen LogP contribution in [0.15, 0.2) is 0 Å². The third-order valence-electron chi connectivity index (χ3n) is 4.50. The van der Waals surface area contributed by atoms with Crippen LogP contribution in [0.25, 0.3) is 0 Å². The van der Waals surface area contributed by atoms with Gasteiger partial charge in [-0.25, -0.2) is 0 Å². The predicted octanol–water partition coefficient (Wildman–Crippen LogP) is 4.75. The maximum Gasteiger partial charge on any atom is 0.192 e. The lowest BCUT2D eigenvalue weighted by Crippen LogP contribution is -2.48. The largest absolute Gasteiger partial charge is 0.409 e. The SMILES string of the molecule is CC(C)SC(SC(C)C)[C@@H]1OC[C@@H](O[Si](C)(C)C(C)(C)C)[C@@H]1O. The number of hydrogen-bond acceptors (Lipinski definition) is 5. The topological polar surface area (TPSA) is 38.7 Å². The summed E-state index contributed by atoms with van der Waals surface area (Å²) in [7, 11) is -1.89. The van der Waals surface area contributed by atoms with Crippen LogP contribution >= 0.6 is 23.5 Å². The van der Waals surface area contributed by atoms with Gasteiger partial charge in [0.05, 0.1) is 17.3 Å². The van der Waals surface area contributed by atoms with Gasteiger partial charge in [-0.2, -0.15) is 0 Å². The number of hydrogen-bond donors (Lipinski definition) is 1. The van der Waals surface area contributed by atoms with Crippen molar-refractivity contribution in [2.45, 2.75) is 100.0 Å². The third kappa shape index (κ3) is 6.23. The molecule has 0 aromatic rings. The molecule has 0 aliphatic carbocycles. The predicted molar refractivity (Wildman–Crippen MR) is 107 cm³/mol. The normalized spacial score (nSPS) is 26.7. The van der Waals surface area contributed by atoms with Gasteiger partial charge in [0.25, 0.3) is 0 Å². The first-order chi connectivity index (χ1) is 10.3. The van der Waals surface area contributed by atoms with Gasteiger partial charge < -0.3 is 14.3 Å². The lowest BCUT2D eigenvalue weighted by molar-refractivity contribution is 0.0342. The zero-order valence-electron chi connectivity index (χ0n) is 16.3. The van der Waals surface area contributed by atoms with Crippen LogP contribution in [0.2, 0.25) is 18.1 Å². The molecule has 0 radical (unpaired) electrons. The Bertz CT molecular complexity index is 359. The fourth-order valence-electron chi connectivity index (χ4n) is 2.24. The van der Waals surface area contributed by atoms with Crippen molar-refractivity contribution in [2.75, 3.05) is 6.61 Å².